The normalized spacial score (nSPS) is 10.3. The predicted molar refractivity (Wildman–Crippen MR) is 67.6 cm³/mol. The van der Waals surface area contributed by atoms with E-state index in [-0.39, 0.29) is 12.4 Å². The Morgan fingerprint density at radius 2 is 2.27 bits per heavy atom. The number of benzene rings is 1. The predicted octanol–water partition coefficient (Wildman–Crippen LogP) is 2.21. The number of thioether (sulfide) groups is 1. The maximum Gasteiger partial charge on any atom is 0.123 e. The quantitative estimate of drug-likeness (QED) is 0.337. The molecular formula is C10H13BrN2OS. The van der Waals surface area contributed by atoms with Crippen molar-refractivity contribution >= 4 is 33.5 Å². The Kier molecular flexibility index (Phi) is 5.14. The van der Waals surface area contributed by atoms with Gasteiger partial charge in [0.05, 0.1) is 0 Å². The highest BCUT2D eigenvalue weighted by Crippen LogP contribution is 2.26. The Hall–Kier alpha value is -0.520. The molecule has 0 aromatic heterocycles. The van der Waals surface area contributed by atoms with Gasteiger partial charge in [-0.3, -0.25) is 5.41 Å². The summed E-state index contributed by atoms with van der Waals surface area (Å²) >= 11 is 4.98. The van der Waals surface area contributed by atoms with Crippen LogP contribution in [0.5, 0.6) is 0 Å². The summed E-state index contributed by atoms with van der Waals surface area (Å²) in [7, 11) is 0. The van der Waals surface area contributed by atoms with Gasteiger partial charge in [0.2, 0.25) is 0 Å². The average molecular weight is 289 g/mol. The molecule has 0 saturated carbocycles. The van der Waals surface area contributed by atoms with Crippen molar-refractivity contribution in [1.82, 2.24) is 0 Å². The third kappa shape index (κ3) is 3.85. The monoisotopic (exact) mass is 288 g/mol. The first-order valence-electron chi connectivity index (χ1n) is 4.52. The van der Waals surface area contributed by atoms with Crippen LogP contribution in [0.25, 0.3) is 0 Å². The Morgan fingerprint density at radius 1 is 1.53 bits per heavy atom. The third-order valence-corrected chi connectivity index (χ3v) is 3.43. The molecule has 0 fully saturated rings. The number of nitrogens with one attached hydrogen (secondary N) is 1. The van der Waals surface area contributed by atoms with Gasteiger partial charge in [-0.25, -0.2) is 0 Å². The van der Waals surface area contributed by atoms with Crippen molar-refractivity contribution in [2.75, 3.05) is 12.4 Å². The fraction of sp³-hybridized carbons (Fsp3) is 0.300. The lowest BCUT2D eigenvalue weighted by atomic mass is 10.2. The van der Waals surface area contributed by atoms with Crippen molar-refractivity contribution in [2.45, 2.75) is 11.3 Å². The second kappa shape index (κ2) is 6.15. The molecule has 5 heteroatoms. The Morgan fingerprint density at radius 3 is 2.87 bits per heavy atom. The first-order chi connectivity index (χ1) is 7.15. The number of amidine groups is 1. The van der Waals surface area contributed by atoms with Gasteiger partial charge in [0.15, 0.2) is 0 Å². The van der Waals surface area contributed by atoms with Gasteiger partial charge in [-0.05, 0) is 24.6 Å². The number of aliphatic hydroxyl groups is 1. The number of nitrogens with two attached hydrogens (primary N) is 1. The number of hydrogen-bond donors (Lipinski definition) is 3. The van der Waals surface area contributed by atoms with E-state index in [2.05, 4.69) is 15.9 Å². The smallest absolute Gasteiger partial charge is 0.123 e. The molecule has 0 atom stereocenters. The fourth-order valence-corrected chi connectivity index (χ4v) is 2.63. The van der Waals surface area contributed by atoms with E-state index in [9.17, 15) is 0 Å². The SMILES string of the molecule is N=C(N)c1ccc(Br)cc1SCCCO. The summed E-state index contributed by atoms with van der Waals surface area (Å²) in [6.07, 6.45) is 0.745. The van der Waals surface area contributed by atoms with Crippen LogP contribution in [0.4, 0.5) is 0 Å². The van der Waals surface area contributed by atoms with Gasteiger partial charge in [0.25, 0.3) is 0 Å². The summed E-state index contributed by atoms with van der Waals surface area (Å²) in [4.78, 5) is 0.977. The molecule has 0 aliphatic rings. The maximum atomic E-state index is 8.69. The van der Waals surface area contributed by atoms with E-state index >= 15 is 0 Å². The van der Waals surface area contributed by atoms with Gasteiger partial charge in [0, 0.05) is 27.3 Å². The number of nitrogen functional groups attached to an aromatic ring is 1. The maximum absolute atomic E-state index is 8.69. The van der Waals surface area contributed by atoms with Gasteiger partial charge in [0.1, 0.15) is 5.84 Å². The van der Waals surface area contributed by atoms with E-state index in [1.807, 2.05) is 18.2 Å². The average Bonchev–Trinajstić information content (AvgIpc) is 2.18. The zero-order chi connectivity index (χ0) is 11.3. The zero-order valence-corrected chi connectivity index (χ0v) is 10.6. The van der Waals surface area contributed by atoms with Crippen LogP contribution in [-0.4, -0.2) is 23.3 Å². The molecule has 0 aliphatic heterocycles. The van der Waals surface area contributed by atoms with Crippen molar-refractivity contribution < 1.29 is 5.11 Å². The van der Waals surface area contributed by atoms with Crippen LogP contribution >= 0.6 is 27.7 Å². The van der Waals surface area contributed by atoms with E-state index < -0.39 is 0 Å². The van der Waals surface area contributed by atoms with Crippen LogP contribution in [0.15, 0.2) is 27.6 Å². The highest BCUT2D eigenvalue weighted by atomic mass is 79.9. The number of rotatable bonds is 5. The zero-order valence-electron chi connectivity index (χ0n) is 8.16. The Bertz CT molecular complexity index is 357. The summed E-state index contributed by atoms with van der Waals surface area (Å²) in [6.45, 7) is 0.191. The molecule has 0 amide bonds. The fourth-order valence-electron chi connectivity index (χ4n) is 1.08. The summed E-state index contributed by atoms with van der Waals surface area (Å²) < 4.78 is 0.971. The highest BCUT2D eigenvalue weighted by Gasteiger charge is 2.06. The topological polar surface area (TPSA) is 70.1 Å². The van der Waals surface area contributed by atoms with E-state index in [4.69, 9.17) is 16.2 Å². The molecule has 0 bridgehead atoms. The van der Waals surface area contributed by atoms with Crippen molar-refractivity contribution in [1.29, 1.82) is 5.41 Å². The van der Waals surface area contributed by atoms with Crippen LogP contribution < -0.4 is 5.73 Å². The van der Waals surface area contributed by atoms with E-state index in [0.717, 1.165) is 27.1 Å². The van der Waals surface area contributed by atoms with Gasteiger partial charge in [-0.2, -0.15) is 0 Å². The molecule has 3 nitrogen and oxygen atoms in total. The molecule has 1 aromatic carbocycles. The first-order valence-corrected chi connectivity index (χ1v) is 6.30. The molecule has 0 saturated heterocycles. The van der Waals surface area contributed by atoms with Crippen LogP contribution in [0.2, 0.25) is 0 Å². The van der Waals surface area contributed by atoms with Crippen LogP contribution in [0.1, 0.15) is 12.0 Å². The summed E-state index contributed by atoms with van der Waals surface area (Å²) in [5.74, 6) is 0.904. The lowest BCUT2D eigenvalue weighted by Gasteiger charge is -2.07. The molecule has 0 unspecified atom stereocenters. The second-order valence-electron chi connectivity index (χ2n) is 2.98. The minimum atomic E-state index is 0.0778. The number of aliphatic hydroxyl groups excluding tert-OH is 1. The first kappa shape index (κ1) is 12.5. The molecule has 0 radical (unpaired) electrons. The highest BCUT2D eigenvalue weighted by molar-refractivity contribution is 9.10. The molecule has 1 rings (SSSR count). The van der Waals surface area contributed by atoms with Crippen LogP contribution in [-0.2, 0) is 0 Å². The molecule has 15 heavy (non-hydrogen) atoms. The lowest BCUT2D eigenvalue weighted by molar-refractivity contribution is 0.296. The van der Waals surface area contributed by atoms with Gasteiger partial charge >= 0.3 is 0 Å². The van der Waals surface area contributed by atoms with Gasteiger partial charge < -0.3 is 10.8 Å². The van der Waals surface area contributed by atoms with Crippen molar-refractivity contribution in [3.05, 3.63) is 28.2 Å². The minimum Gasteiger partial charge on any atom is -0.396 e. The van der Waals surface area contributed by atoms with Gasteiger partial charge in [-0.1, -0.05) is 15.9 Å². The van der Waals surface area contributed by atoms with Crippen LogP contribution in [0, 0.1) is 5.41 Å². The molecule has 0 heterocycles. The lowest BCUT2D eigenvalue weighted by Crippen LogP contribution is -2.12. The minimum absolute atomic E-state index is 0.0778. The summed E-state index contributed by atoms with van der Waals surface area (Å²) in [5.41, 5.74) is 6.23. The van der Waals surface area contributed by atoms with Gasteiger partial charge in [-0.15, -0.1) is 11.8 Å². The van der Waals surface area contributed by atoms with E-state index in [1.165, 1.54) is 0 Å². The number of hydrogen-bond acceptors (Lipinski definition) is 3. The van der Waals surface area contributed by atoms with Crippen molar-refractivity contribution in [3.8, 4) is 0 Å². The van der Waals surface area contributed by atoms with Crippen molar-refractivity contribution in [2.24, 2.45) is 5.73 Å². The van der Waals surface area contributed by atoms with Crippen molar-refractivity contribution in [3.63, 3.8) is 0 Å². The summed E-state index contributed by atoms with van der Waals surface area (Å²) in [5, 5.41) is 16.1. The Labute approximate surface area is 102 Å². The Balaban J connectivity index is 2.82. The standard InChI is InChI=1S/C10H13BrN2OS/c11-7-2-3-8(10(12)13)9(6-7)15-5-1-4-14/h2-3,6,14H,1,4-5H2,(H3,12,13). The molecule has 4 N–H and O–H groups in total. The molecule has 1 aromatic rings. The largest absolute Gasteiger partial charge is 0.396 e. The molecular weight excluding hydrogens is 276 g/mol. The van der Waals surface area contributed by atoms with E-state index in [1.54, 1.807) is 11.8 Å². The molecule has 82 valence electrons. The second-order valence-corrected chi connectivity index (χ2v) is 5.03. The molecule has 0 spiro atoms. The van der Waals surface area contributed by atoms with Crippen LogP contribution in [0.3, 0.4) is 0 Å². The summed E-state index contributed by atoms with van der Waals surface area (Å²) in [6, 6.07) is 5.64. The molecule has 0 aliphatic carbocycles. The number of halogens is 1. The van der Waals surface area contributed by atoms with E-state index in [0.29, 0.717) is 0 Å². The third-order valence-electron chi connectivity index (χ3n) is 1.79.